The summed E-state index contributed by atoms with van der Waals surface area (Å²) < 4.78 is 40.2. The van der Waals surface area contributed by atoms with E-state index in [0.717, 1.165) is 25.6 Å². The maximum atomic E-state index is 13.9. The number of nitrogens with one attached hydrogen (secondary N) is 2. The fraction of sp³-hybridized carbons (Fsp3) is 0.379. The molecule has 0 aliphatic rings. The third-order valence-corrected chi connectivity index (χ3v) is 6.26. The first-order chi connectivity index (χ1) is 20.3. The Morgan fingerprint density at radius 3 is 2.76 bits per heavy atom. The fourth-order valence-electron chi connectivity index (χ4n) is 4.45. The molecule has 0 radical (unpaired) electrons. The Hall–Kier alpha value is -4.36. The highest BCUT2D eigenvalue weighted by atomic mass is 19.2. The minimum Gasteiger partial charge on any atom is -0.493 e. The van der Waals surface area contributed by atoms with Gasteiger partial charge in [0.25, 0.3) is 0 Å². The lowest BCUT2D eigenvalue weighted by Gasteiger charge is -2.23. The van der Waals surface area contributed by atoms with Gasteiger partial charge in [-0.1, -0.05) is 19.9 Å². The van der Waals surface area contributed by atoms with Crippen LogP contribution in [0.4, 0.5) is 26.0 Å². The van der Waals surface area contributed by atoms with Crippen molar-refractivity contribution in [3.05, 3.63) is 60.7 Å². The van der Waals surface area contributed by atoms with Crippen LogP contribution in [0.25, 0.3) is 10.9 Å². The van der Waals surface area contributed by atoms with Gasteiger partial charge < -0.3 is 30.1 Å². The van der Waals surface area contributed by atoms with Crippen molar-refractivity contribution < 1.29 is 28.2 Å². The maximum Gasteiger partial charge on any atom is 0.246 e. The van der Waals surface area contributed by atoms with Crippen LogP contribution in [0.5, 0.6) is 11.5 Å². The van der Waals surface area contributed by atoms with E-state index in [4.69, 9.17) is 9.47 Å². The number of aliphatic hydroxyl groups is 1. The number of hydrogen-bond acceptors (Lipinski definition) is 9. The molecule has 4 rings (SSSR count). The second kappa shape index (κ2) is 14.5. The molecule has 42 heavy (non-hydrogen) atoms. The lowest BCUT2D eigenvalue weighted by molar-refractivity contribution is -0.116. The van der Waals surface area contributed by atoms with Gasteiger partial charge in [-0.05, 0) is 30.5 Å². The molecule has 11 nitrogen and oxygen atoms in total. The SMILES string of the molecule is COc1cc2c(Nc3cnn(CC(=O)Nc4cccc(F)c4F)c3)ncnc2cc1OCCCN(CCO)CC(C)C. The molecule has 224 valence electrons. The quantitative estimate of drug-likeness (QED) is 0.176. The third-order valence-electron chi connectivity index (χ3n) is 6.26. The second-order valence-corrected chi connectivity index (χ2v) is 10.1. The van der Waals surface area contributed by atoms with Crippen LogP contribution in [0.3, 0.4) is 0 Å². The van der Waals surface area contributed by atoms with Gasteiger partial charge in [0, 0.05) is 37.3 Å². The van der Waals surface area contributed by atoms with Crippen LogP contribution in [0.15, 0.2) is 49.1 Å². The Morgan fingerprint density at radius 2 is 2.00 bits per heavy atom. The molecule has 0 bridgehead atoms. The molecule has 3 N–H and O–H groups in total. The molecule has 0 aliphatic carbocycles. The number of amides is 1. The van der Waals surface area contributed by atoms with Gasteiger partial charge in [-0.25, -0.2) is 18.7 Å². The number of halogens is 2. The number of aliphatic hydroxyl groups excluding tert-OH is 1. The highest BCUT2D eigenvalue weighted by Crippen LogP contribution is 2.34. The molecular weight excluding hydrogens is 548 g/mol. The number of carbonyl (C=O) groups excluding carboxylic acids is 1. The highest BCUT2D eigenvalue weighted by molar-refractivity contribution is 5.93. The van der Waals surface area contributed by atoms with Gasteiger partial charge in [-0.3, -0.25) is 9.48 Å². The van der Waals surface area contributed by atoms with E-state index in [0.29, 0.717) is 53.0 Å². The van der Waals surface area contributed by atoms with Gasteiger partial charge in [-0.2, -0.15) is 5.10 Å². The van der Waals surface area contributed by atoms with E-state index in [1.807, 2.05) is 0 Å². The Labute approximate surface area is 242 Å². The van der Waals surface area contributed by atoms with Crippen molar-refractivity contribution >= 4 is 34.0 Å². The normalized spacial score (nSPS) is 11.3. The number of benzene rings is 2. The van der Waals surface area contributed by atoms with E-state index < -0.39 is 17.5 Å². The van der Waals surface area contributed by atoms with E-state index in [-0.39, 0.29) is 18.8 Å². The molecule has 2 aromatic carbocycles. The number of carbonyl (C=O) groups is 1. The number of hydrogen-bond donors (Lipinski definition) is 3. The van der Waals surface area contributed by atoms with E-state index in [2.05, 4.69) is 44.4 Å². The summed E-state index contributed by atoms with van der Waals surface area (Å²) in [5, 5.41) is 19.7. The number of aromatic nitrogens is 4. The van der Waals surface area contributed by atoms with Gasteiger partial charge in [0.15, 0.2) is 23.1 Å². The zero-order chi connectivity index (χ0) is 30.1. The lowest BCUT2D eigenvalue weighted by atomic mass is 10.2. The summed E-state index contributed by atoms with van der Waals surface area (Å²) in [6.45, 7) is 7.02. The Balaban J connectivity index is 1.40. The number of methoxy groups -OCH3 is 1. The molecule has 0 atom stereocenters. The minimum absolute atomic E-state index is 0.121. The highest BCUT2D eigenvalue weighted by Gasteiger charge is 2.15. The topological polar surface area (TPSA) is 127 Å². The summed E-state index contributed by atoms with van der Waals surface area (Å²) in [6, 6.07) is 7.13. The first-order valence-electron chi connectivity index (χ1n) is 13.6. The molecule has 0 aliphatic heterocycles. The first-order valence-corrected chi connectivity index (χ1v) is 13.6. The van der Waals surface area contributed by atoms with Gasteiger partial charge >= 0.3 is 0 Å². The maximum absolute atomic E-state index is 13.9. The summed E-state index contributed by atoms with van der Waals surface area (Å²) in [6.07, 6.45) is 5.30. The molecule has 2 aromatic heterocycles. The second-order valence-electron chi connectivity index (χ2n) is 10.1. The monoisotopic (exact) mass is 583 g/mol. The van der Waals surface area contributed by atoms with Crippen LogP contribution in [0.2, 0.25) is 0 Å². The number of anilines is 3. The smallest absolute Gasteiger partial charge is 0.246 e. The van der Waals surface area contributed by atoms with Crippen molar-refractivity contribution in [2.24, 2.45) is 5.92 Å². The Bertz CT molecular complexity index is 1500. The van der Waals surface area contributed by atoms with Crippen molar-refractivity contribution in [3.63, 3.8) is 0 Å². The lowest BCUT2D eigenvalue weighted by Crippen LogP contribution is -2.32. The summed E-state index contributed by atoms with van der Waals surface area (Å²) in [4.78, 5) is 23.3. The summed E-state index contributed by atoms with van der Waals surface area (Å²) in [7, 11) is 1.56. The molecular formula is C29H35F2N7O4. The number of rotatable bonds is 15. The molecule has 4 aromatic rings. The van der Waals surface area contributed by atoms with Crippen LogP contribution in [-0.4, -0.2) is 75.6 Å². The van der Waals surface area contributed by atoms with E-state index in [1.165, 1.54) is 29.3 Å². The van der Waals surface area contributed by atoms with Crippen LogP contribution >= 0.6 is 0 Å². The number of fused-ring (bicyclic) bond motifs is 1. The molecule has 0 fully saturated rings. The molecule has 0 saturated heterocycles. The van der Waals surface area contributed by atoms with E-state index in [1.54, 1.807) is 25.4 Å². The molecule has 2 heterocycles. The molecule has 13 heteroatoms. The number of ether oxygens (including phenoxy) is 2. The molecule has 0 spiro atoms. The van der Waals surface area contributed by atoms with E-state index in [9.17, 15) is 18.7 Å². The average Bonchev–Trinajstić information content (AvgIpc) is 3.39. The largest absolute Gasteiger partial charge is 0.493 e. The van der Waals surface area contributed by atoms with Crippen molar-refractivity contribution in [1.82, 2.24) is 24.6 Å². The first kappa shape index (κ1) is 30.6. The van der Waals surface area contributed by atoms with Crippen LogP contribution < -0.4 is 20.1 Å². The van der Waals surface area contributed by atoms with Gasteiger partial charge in [0.1, 0.15) is 18.7 Å². The minimum atomic E-state index is -1.13. The summed E-state index contributed by atoms with van der Waals surface area (Å²) >= 11 is 0. The van der Waals surface area contributed by atoms with Gasteiger partial charge in [0.05, 0.1) is 43.4 Å². The zero-order valence-corrected chi connectivity index (χ0v) is 23.8. The van der Waals surface area contributed by atoms with Crippen molar-refractivity contribution in [2.75, 3.05) is 50.6 Å². The summed E-state index contributed by atoms with van der Waals surface area (Å²) in [5.41, 5.74) is 0.937. The molecule has 1 amide bonds. The standard InChI is InChI=1S/C29H35F2N7O4/c1-19(2)15-37(9-10-39)8-5-11-42-26-13-24-21(12-25(26)41-3)29(33-18-32-24)35-20-14-34-38(16-20)17-27(40)36-23-7-4-6-22(30)28(23)31/h4,6-7,12-14,16,18-19,39H,5,8-11,15,17H2,1-3H3,(H,36,40)(H,32,33,35). The van der Waals surface area contributed by atoms with Crippen LogP contribution in [-0.2, 0) is 11.3 Å². The third kappa shape index (κ3) is 8.10. The van der Waals surface area contributed by atoms with Crippen molar-refractivity contribution in [3.8, 4) is 11.5 Å². The Kier molecular flexibility index (Phi) is 10.6. The predicted octanol–water partition coefficient (Wildman–Crippen LogP) is 4.21. The average molecular weight is 584 g/mol. The number of nitrogens with zero attached hydrogens (tertiary/aromatic N) is 5. The van der Waals surface area contributed by atoms with Gasteiger partial charge in [-0.15, -0.1) is 0 Å². The Morgan fingerprint density at radius 1 is 1.17 bits per heavy atom. The van der Waals surface area contributed by atoms with E-state index >= 15 is 0 Å². The predicted molar refractivity (Wildman–Crippen MR) is 155 cm³/mol. The zero-order valence-electron chi connectivity index (χ0n) is 23.8. The van der Waals surface area contributed by atoms with Crippen molar-refractivity contribution in [1.29, 1.82) is 0 Å². The van der Waals surface area contributed by atoms with Gasteiger partial charge in [0.2, 0.25) is 5.91 Å². The van der Waals surface area contributed by atoms with Crippen LogP contribution in [0.1, 0.15) is 20.3 Å². The summed E-state index contributed by atoms with van der Waals surface area (Å²) in [5.74, 6) is -0.670. The fourth-order valence-corrected chi connectivity index (χ4v) is 4.45. The molecule has 0 unspecified atom stereocenters. The van der Waals surface area contributed by atoms with Crippen LogP contribution in [0, 0.1) is 17.6 Å². The van der Waals surface area contributed by atoms with Crippen molar-refractivity contribution in [2.45, 2.75) is 26.8 Å². The molecule has 0 saturated carbocycles.